The molecule has 0 amide bonds. The molecule has 1 N–H and O–H groups in total. The number of aliphatic hydroxyl groups excluding tert-OH is 1. The van der Waals surface area contributed by atoms with Crippen molar-refractivity contribution in [2.24, 2.45) is 0 Å². The molecule has 0 aliphatic carbocycles. The SMILES string of the molecule is CCCCC[C@@H](O)C[C@@H]1CCCC(=O)O1. The Kier molecular flexibility index (Phi) is 5.69. The molecule has 3 heteroatoms. The molecule has 0 bridgehead atoms. The summed E-state index contributed by atoms with van der Waals surface area (Å²) in [6.07, 6.45) is 6.89. The zero-order chi connectivity index (χ0) is 11.1. The number of hydrogen-bond acceptors (Lipinski definition) is 3. The zero-order valence-electron chi connectivity index (χ0n) is 9.58. The molecule has 1 heterocycles. The van der Waals surface area contributed by atoms with Crippen LogP contribution in [0.1, 0.15) is 58.3 Å². The summed E-state index contributed by atoms with van der Waals surface area (Å²) in [7, 11) is 0. The van der Waals surface area contributed by atoms with E-state index < -0.39 is 0 Å². The fourth-order valence-electron chi connectivity index (χ4n) is 2.00. The Morgan fingerprint density at radius 1 is 1.53 bits per heavy atom. The number of carbonyl (C=O) groups excluding carboxylic acids is 1. The van der Waals surface area contributed by atoms with Gasteiger partial charge in [0.25, 0.3) is 0 Å². The fraction of sp³-hybridized carbons (Fsp3) is 0.917. The third-order valence-electron chi connectivity index (χ3n) is 2.88. The number of hydrogen-bond donors (Lipinski definition) is 1. The lowest BCUT2D eigenvalue weighted by molar-refractivity contribution is -0.155. The summed E-state index contributed by atoms with van der Waals surface area (Å²) in [5.74, 6) is -0.105. The van der Waals surface area contributed by atoms with Gasteiger partial charge in [0.2, 0.25) is 0 Å². The Bertz CT molecular complexity index is 191. The highest BCUT2D eigenvalue weighted by Crippen LogP contribution is 2.19. The van der Waals surface area contributed by atoms with Gasteiger partial charge in [0.15, 0.2) is 0 Å². The van der Waals surface area contributed by atoms with Gasteiger partial charge in [-0.2, -0.15) is 0 Å². The lowest BCUT2D eigenvalue weighted by Crippen LogP contribution is -2.27. The molecule has 1 rings (SSSR count). The van der Waals surface area contributed by atoms with Gasteiger partial charge in [-0.15, -0.1) is 0 Å². The average molecular weight is 214 g/mol. The maximum atomic E-state index is 11.0. The number of unbranched alkanes of at least 4 members (excludes halogenated alkanes) is 2. The first-order valence-corrected chi connectivity index (χ1v) is 6.10. The van der Waals surface area contributed by atoms with Crippen LogP contribution in [0.3, 0.4) is 0 Å². The summed E-state index contributed by atoms with van der Waals surface area (Å²) in [5.41, 5.74) is 0. The van der Waals surface area contributed by atoms with Gasteiger partial charge in [0.1, 0.15) is 6.10 Å². The van der Waals surface area contributed by atoms with Crippen LogP contribution < -0.4 is 0 Å². The smallest absolute Gasteiger partial charge is 0.306 e. The van der Waals surface area contributed by atoms with Gasteiger partial charge in [0.05, 0.1) is 6.10 Å². The topological polar surface area (TPSA) is 46.5 Å². The third kappa shape index (κ3) is 5.17. The van der Waals surface area contributed by atoms with Crippen LogP contribution in [0.5, 0.6) is 0 Å². The minimum absolute atomic E-state index is 0.0390. The predicted octanol–water partition coefficient (Wildman–Crippen LogP) is 2.41. The zero-order valence-corrected chi connectivity index (χ0v) is 9.58. The molecular formula is C12H22O3. The van der Waals surface area contributed by atoms with E-state index in [1.54, 1.807) is 0 Å². The van der Waals surface area contributed by atoms with E-state index in [-0.39, 0.29) is 18.2 Å². The van der Waals surface area contributed by atoms with Crippen molar-refractivity contribution >= 4 is 5.97 Å². The van der Waals surface area contributed by atoms with E-state index in [2.05, 4.69) is 6.92 Å². The van der Waals surface area contributed by atoms with E-state index >= 15 is 0 Å². The van der Waals surface area contributed by atoms with Crippen molar-refractivity contribution in [3.8, 4) is 0 Å². The van der Waals surface area contributed by atoms with Crippen molar-refractivity contribution in [3.05, 3.63) is 0 Å². The van der Waals surface area contributed by atoms with Gasteiger partial charge in [-0.1, -0.05) is 26.2 Å². The average Bonchev–Trinajstić information content (AvgIpc) is 2.18. The molecule has 1 saturated heterocycles. The summed E-state index contributed by atoms with van der Waals surface area (Å²) in [5, 5.41) is 9.72. The molecule has 0 aromatic carbocycles. The number of ether oxygens (including phenoxy) is 1. The van der Waals surface area contributed by atoms with Gasteiger partial charge in [-0.25, -0.2) is 0 Å². The van der Waals surface area contributed by atoms with Crippen LogP contribution in [0.4, 0.5) is 0 Å². The molecule has 0 aromatic rings. The number of carbonyl (C=O) groups is 1. The number of esters is 1. The van der Waals surface area contributed by atoms with Crippen molar-refractivity contribution in [2.75, 3.05) is 0 Å². The predicted molar refractivity (Wildman–Crippen MR) is 58.5 cm³/mol. The van der Waals surface area contributed by atoms with Crippen molar-refractivity contribution in [2.45, 2.75) is 70.5 Å². The highest BCUT2D eigenvalue weighted by atomic mass is 16.5. The minimum atomic E-state index is -0.299. The van der Waals surface area contributed by atoms with Gasteiger partial charge in [0, 0.05) is 12.8 Å². The Morgan fingerprint density at radius 3 is 3.00 bits per heavy atom. The monoisotopic (exact) mass is 214 g/mol. The molecule has 2 atom stereocenters. The normalized spacial score (nSPS) is 23.6. The summed E-state index contributed by atoms with van der Waals surface area (Å²) in [6, 6.07) is 0. The molecule has 88 valence electrons. The van der Waals surface area contributed by atoms with Gasteiger partial charge in [-0.3, -0.25) is 4.79 Å². The lowest BCUT2D eigenvalue weighted by atomic mass is 10.00. The molecule has 0 unspecified atom stereocenters. The van der Waals surface area contributed by atoms with Crippen molar-refractivity contribution in [3.63, 3.8) is 0 Å². The summed E-state index contributed by atoms with van der Waals surface area (Å²) in [6.45, 7) is 2.15. The molecule has 0 radical (unpaired) electrons. The Morgan fingerprint density at radius 2 is 2.33 bits per heavy atom. The maximum absolute atomic E-state index is 11.0. The first-order valence-electron chi connectivity index (χ1n) is 6.10. The molecule has 0 saturated carbocycles. The highest BCUT2D eigenvalue weighted by Gasteiger charge is 2.22. The van der Waals surface area contributed by atoms with Crippen LogP contribution in [0.2, 0.25) is 0 Å². The van der Waals surface area contributed by atoms with E-state index in [4.69, 9.17) is 4.74 Å². The second kappa shape index (κ2) is 6.83. The fourth-order valence-corrected chi connectivity index (χ4v) is 2.00. The summed E-state index contributed by atoms with van der Waals surface area (Å²) < 4.78 is 5.16. The van der Waals surface area contributed by atoms with Crippen LogP contribution in [-0.4, -0.2) is 23.3 Å². The largest absolute Gasteiger partial charge is 0.462 e. The third-order valence-corrected chi connectivity index (χ3v) is 2.88. The highest BCUT2D eigenvalue weighted by molar-refractivity contribution is 5.70. The van der Waals surface area contributed by atoms with Crippen molar-refractivity contribution < 1.29 is 14.6 Å². The minimum Gasteiger partial charge on any atom is -0.462 e. The van der Waals surface area contributed by atoms with E-state index in [9.17, 15) is 9.90 Å². The number of aliphatic hydroxyl groups is 1. The van der Waals surface area contributed by atoms with Crippen LogP contribution in [0.25, 0.3) is 0 Å². The van der Waals surface area contributed by atoms with Crippen LogP contribution in [0.15, 0.2) is 0 Å². The lowest BCUT2D eigenvalue weighted by Gasteiger charge is -2.24. The van der Waals surface area contributed by atoms with E-state index in [0.29, 0.717) is 12.8 Å². The molecule has 1 aliphatic rings. The number of rotatable bonds is 6. The summed E-state index contributed by atoms with van der Waals surface area (Å²) in [4.78, 5) is 11.0. The van der Waals surface area contributed by atoms with E-state index in [1.807, 2.05) is 0 Å². The number of cyclic esters (lactones) is 1. The molecule has 1 fully saturated rings. The van der Waals surface area contributed by atoms with Crippen molar-refractivity contribution in [1.29, 1.82) is 0 Å². The van der Waals surface area contributed by atoms with E-state index in [1.165, 1.54) is 12.8 Å². The second-order valence-electron chi connectivity index (χ2n) is 4.39. The molecule has 0 aromatic heterocycles. The molecule has 3 nitrogen and oxygen atoms in total. The first-order chi connectivity index (χ1) is 7.22. The van der Waals surface area contributed by atoms with Crippen LogP contribution in [-0.2, 0) is 9.53 Å². The second-order valence-corrected chi connectivity index (χ2v) is 4.39. The first kappa shape index (κ1) is 12.5. The van der Waals surface area contributed by atoms with Crippen LogP contribution >= 0.6 is 0 Å². The van der Waals surface area contributed by atoms with Gasteiger partial charge in [-0.05, 0) is 19.3 Å². The molecule has 1 aliphatic heterocycles. The molecule has 15 heavy (non-hydrogen) atoms. The quantitative estimate of drug-likeness (QED) is 0.545. The van der Waals surface area contributed by atoms with E-state index in [0.717, 1.165) is 25.7 Å². The Hall–Kier alpha value is -0.570. The standard InChI is InChI=1S/C12H22O3/c1-2-3-4-6-10(13)9-11-7-5-8-12(14)15-11/h10-11,13H,2-9H2,1H3/t10-,11+/m1/s1. The van der Waals surface area contributed by atoms with Gasteiger partial charge < -0.3 is 9.84 Å². The Balaban J connectivity index is 2.13. The Labute approximate surface area is 91.8 Å². The maximum Gasteiger partial charge on any atom is 0.306 e. The molecular weight excluding hydrogens is 192 g/mol. The van der Waals surface area contributed by atoms with Gasteiger partial charge >= 0.3 is 5.97 Å². The summed E-state index contributed by atoms with van der Waals surface area (Å²) >= 11 is 0. The molecule has 0 spiro atoms. The van der Waals surface area contributed by atoms with Crippen LogP contribution in [0, 0.1) is 0 Å². The van der Waals surface area contributed by atoms with Crippen molar-refractivity contribution in [1.82, 2.24) is 0 Å².